The molecule has 1 fully saturated rings. The number of rotatable bonds is 19. The third-order valence-electron chi connectivity index (χ3n) is 12.3. The molecule has 0 saturated carbocycles. The summed E-state index contributed by atoms with van der Waals surface area (Å²) in [7, 11) is 3.29. The average Bonchev–Trinajstić information content (AvgIpc) is 3.85. The van der Waals surface area contributed by atoms with Gasteiger partial charge in [0.25, 0.3) is 0 Å². The van der Waals surface area contributed by atoms with Crippen LogP contribution in [0.2, 0.25) is 0 Å². The number of hydrogen-bond donors (Lipinski definition) is 1. The number of alkyl carbamates (subject to hydrolysis) is 1. The second-order valence-electron chi connectivity index (χ2n) is 16.2. The van der Waals surface area contributed by atoms with Crippen LogP contribution in [0.4, 0.5) is 4.79 Å². The number of nitrogens with zero attached hydrogens (tertiary/aromatic N) is 1. The quantitative estimate of drug-likeness (QED) is 0.0497. The summed E-state index contributed by atoms with van der Waals surface area (Å²) in [4.78, 5) is 53.6. The molecule has 1 heterocycles. The fraction of sp³-hybridized carbons (Fsp3) is 0.346. The molecule has 2 atom stereocenters. The van der Waals surface area contributed by atoms with Crippen molar-refractivity contribution in [2.45, 2.75) is 81.8 Å². The number of nitrogens with one attached hydrogen (secondary N) is 1. The zero-order valence-electron chi connectivity index (χ0n) is 35.8. The Morgan fingerprint density at radius 1 is 0.661 bits per heavy atom. The number of methoxy groups -OCH3 is 2. The molecule has 322 valence electrons. The lowest BCUT2D eigenvalue weighted by atomic mass is 9.65. The van der Waals surface area contributed by atoms with Crippen molar-refractivity contribution in [2.24, 2.45) is 0 Å². The number of esters is 1. The molecule has 7 rings (SSSR count). The highest BCUT2D eigenvalue weighted by Crippen LogP contribution is 2.47. The third-order valence-corrected chi connectivity index (χ3v) is 12.3. The first-order chi connectivity index (χ1) is 30.2. The summed E-state index contributed by atoms with van der Waals surface area (Å²) in [6.45, 7) is 2.40. The van der Waals surface area contributed by atoms with Gasteiger partial charge in [0.1, 0.15) is 30.0 Å². The smallest absolute Gasteiger partial charge is 0.407 e. The van der Waals surface area contributed by atoms with E-state index in [-0.39, 0.29) is 49.6 Å². The molecule has 1 saturated heterocycles. The maximum Gasteiger partial charge on any atom is 0.407 e. The number of carbonyl (C=O) groups is 4. The Labute approximate surface area is 364 Å². The van der Waals surface area contributed by atoms with E-state index < -0.39 is 23.6 Å². The highest BCUT2D eigenvalue weighted by Gasteiger charge is 2.45. The lowest BCUT2D eigenvalue weighted by Crippen LogP contribution is -2.42. The summed E-state index contributed by atoms with van der Waals surface area (Å²) in [5.74, 6) is 0.906. The highest BCUT2D eigenvalue weighted by atomic mass is 16.6. The number of carbonyl (C=O) groups excluding carboxylic acids is 4. The van der Waals surface area contributed by atoms with E-state index in [1.54, 1.807) is 14.2 Å². The molecule has 1 aliphatic heterocycles. The number of amides is 2. The normalized spacial score (nSPS) is 15.6. The first kappa shape index (κ1) is 43.7. The molecule has 0 bridgehead atoms. The number of benzene rings is 5. The zero-order chi connectivity index (χ0) is 43.5. The summed E-state index contributed by atoms with van der Waals surface area (Å²) >= 11 is 0. The molecule has 0 unspecified atom stereocenters. The van der Waals surface area contributed by atoms with Crippen LogP contribution in [-0.2, 0) is 29.3 Å². The molecule has 2 amide bonds. The molecule has 2 aliphatic rings. The van der Waals surface area contributed by atoms with Gasteiger partial charge in [-0.2, -0.15) is 0 Å². The van der Waals surface area contributed by atoms with Crippen molar-refractivity contribution < 1.29 is 38.1 Å². The van der Waals surface area contributed by atoms with Crippen molar-refractivity contribution in [3.63, 3.8) is 0 Å². The van der Waals surface area contributed by atoms with Gasteiger partial charge in [-0.25, -0.2) is 4.79 Å². The van der Waals surface area contributed by atoms with E-state index in [0.717, 1.165) is 45.7 Å². The predicted molar refractivity (Wildman–Crippen MR) is 238 cm³/mol. The van der Waals surface area contributed by atoms with E-state index in [1.165, 1.54) is 18.1 Å². The highest BCUT2D eigenvalue weighted by molar-refractivity contribution is 5.81. The van der Waals surface area contributed by atoms with Gasteiger partial charge in [-0.3, -0.25) is 9.59 Å². The number of fused-ring (bicyclic) bond motifs is 3. The van der Waals surface area contributed by atoms with Crippen LogP contribution in [0.15, 0.2) is 127 Å². The minimum absolute atomic E-state index is 0.000168. The molecule has 10 nitrogen and oxygen atoms in total. The van der Waals surface area contributed by atoms with Gasteiger partial charge in [0.2, 0.25) is 5.91 Å². The van der Waals surface area contributed by atoms with E-state index in [4.69, 9.17) is 18.9 Å². The SMILES string of the molecule is COc1ccc(C(C[C@@H]2C[C@@H](OC(=O)CCC(C)=O)CN2C(=O)CCCCCNC(=O)OCC2c3ccccc3-c3ccccc32)(c2ccccc2)c2ccc(OC)cc2)cc1. The average molecular weight is 837 g/mol. The number of ether oxygens (including phenoxy) is 4. The van der Waals surface area contributed by atoms with Gasteiger partial charge >= 0.3 is 12.1 Å². The molecule has 0 spiro atoms. The number of ketones is 1. The maximum absolute atomic E-state index is 14.3. The number of Topliss-reactive ketones (excluding diaryl/α,β-unsaturated/α-hetero) is 1. The Bertz CT molecular complexity index is 2220. The van der Waals surface area contributed by atoms with Crippen LogP contribution in [0, 0.1) is 0 Å². The van der Waals surface area contributed by atoms with Gasteiger partial charge < -0.3 is 34.0 Å². The fourth-order valence-electron chi connectivity index (χ4n) is 9.22. The third kappa shape index (κ3) is 10.0. The van der Waals surface area contributed by atoms with Gasteiger partial charge in [0.15, 0.2) is 0 Å². The number of hydrogen-bond acceptors (Lipinski definition) is 8. The van der Waals surface area contributed by atoms with Gasteiger partial charge in [0.05, 0.1) is 27.2 Å². The minimum Gasteiger partial charge on any atom is -0.497 e. The van der Waals surface area contributed by atoms with Gasteiger partial charge in [-0.1, -0.05) is 110 Å². The second kappa shape index (κ2) is 20.4. The monoisotopic (exact) mass is 836 g/mol. The zero-order valence-corrected chi connectivity index (χ0v) is 35.8. The molecular formula is C52H56N2O8. The predicted octanol–water partition coefficient (Wildman–Crippen LogP) is 9.41. The van der Waals surface area contributed by atoms with Crippen molar-refractivity contribution in [3.8, 4) is 22.6 Å². The number of unbranched alkanes of at least 4 members (excludes halogenated alkanes) is 2. The minimum atomic E-state index is -0.721. The van der Waals surface area contributed by atoms with E-state index in [9.17, 15) is 19.2 Å². The Hall–Kier alpha value is -6.42. The Kier molecular flexibility index (Phi) is 14.4. The molecule has 0 aromatic heterocycles. The molecule has 62 heavy (non-hydrogen) atoms. The molecule has 1 aliphatic carbocycles. The van der Waals surface area contributed by atoms with Gasteiger partial charge in [-0.05, 0) is 89.4 Å². The summed E-state index contributed by atoms with van der Waals surface area (Å²) < 4.78 is 22.8. The van der Waals surface area contributed by atoms with Crippen molar-refractivity contribution in [1.29, 1.82) is 0 Å². The van der Waals surface area contributed by atoms with Gasteiger partial charge in [0, 0.05) is 43.2 Å². The largest absolute Gasteiger partial charge is 0.497 e. The Morgan fingerprint density at radius 3 is 1.81 bits per heavy atom. The summed E-state index contributed by atoms with van der Waals surface area (Å²) in [5.41, 5.74) is 7.05. The van der Waals surface area contributed by atoms with Crippen LogP contribution in [0.5, 0.6) is 11.5 Å². The summed E-state index contributed by atoms with van der Waals surface area (Å²) in [6, 6.07) is 42.6. The standard InChI is InChI=1S/C52H56N2O8/c1-36(55)21-30-50(57)62-43-32-40(33-52(37-14-6-4-7-15-37,38-22-26-41(59-2)27-23-38)39-24-28-42(60-3)29-25-39)54(34-43)49(56)20-8-5-13-31-53-51(58)61-35-48-46-18-11-9-16-44(46)45-17-10-12-19-47(45)48/h4,6-7,9-12,14-19,22-29,40,43,48H,5,8,13,20-21,30-35H2,1-3H3,(H,53,58)/t40-,43+/m0/s1. The fourth-order valence-corrected chi connectivity index (χ4v) is 9.22. The van der Waals surface area contributed by atoms with Crippen LogP contribution in [0.1, 0.15) is 92.0 Å². The first-order valence-corrected chi connectivity index (χ1v) is 21.6. The topological polar surface area (TPSA) is 120 Å². The molecule has 5 aromatic carbocycles. The van der Waals surface area contributed by atoms with E-state index in [0.29, 0.717) is 38.6 Å². The molecule has 10 heteroatoms. The first-order valence-electron chi connectivity index (χ1n) is 21.6. The molecule has 5 aromatic rings. The summed E-state index contributed by atoms with van der Waals surface area (Å²) in [5, 5.41) is 2.89. The van der Waals surface area contributed by atoms with Crippen molar-refractivity contribution in [3.05, 3.63) is 155 Å². The van der Waals surface area contributed by atoms with Crippen LogP contribution >= 0.6 is 0 Å². The van der Waals surface area contributed by atoms with Gasteiger partial charge in [-0.15, -0.1) is 0 Å². The second-order valence-corrected chi connectivity index (χ2v) is 16.2. The molecule has 1 N–H and O–H groups in total. The van der Waals surface area contributed by atoms with E-state index >= 15 is 0 Å². The van der Waals surface area contributed by atoms with Crippen molar-refractivity contribution >= 4 is 23.8 Å². The number of likely N-dealkylation sites (tertiary alicyclic amines) is 1. The van der Waals surface area contributed by atoms with E-state index in [1.807, 2.05) is 71.6 Å². The molecule has 0 radical (unpaired) electrons. The lowest BCUT2D eigenvalue weighted by Gasteiger charge is -2.40. The van der Waals surface area contributed by atoms with Crippen LogP contribution < -0.4 is 14.8 Å². The molecular weight excluding hydrogens is 781 g/mol. The van der Waals surface area contributed by atoms with Crippen LogP contribution in [0.25, 0.3) is 11.1 Å². The van der Waals surface area contributed by atoms with Crippen molar-refractivity contribution in [2.75, 3.05) is 33.9 Å². The Balaban J connectivity index is 1.03. The van der Waals surface area contributed by atoms with Crippen molar-refractivity contribution in [1.82, 2.24) is 10.2 Å². The Morgan fingerprint density at radius 2 is 1.23 bits per heavy atom. The van der Waals surface area contributed by atoms with Crippen LogP contribution in [0.3, 0.4) is 0 Å². The summed E-state index contributed by atoms with van der Waals surface area (Å²) in [6.07, 6.45) is 2.42. The maximum atomic E-state index is 14.3. The van der Waals surface area contributed by atoms with E-state index in [2.05, 4.69) is 66.0 Å². The van der Waals surface area contributed by atoms with Crippen LogP contribution in [-0.4, -0.2) is 74.7 Å². The lowest BCUT2D eigenvalue weighted by molar-refractivity contribution is -0.150.